The number of halogens is 3. The Labute approximate surface area is 156 Å². The molecule has 3 atom stereocenters. The first-order chi connectivity index (χ1) is 11.6. The van der Waals surface area contributed by atoms with Crippen LogP contribution in [-0.4, -0.2) is 13.1 Å². The van der Waals surface area contributed by atoms with E-state index >= 15 is 0 Å². The van der Waals surface area contributed by atoms with Gasteiger partial charge in [0.25, 0.3) is 5.79 Å². The number of ether oxygens (including phenoxy) is 2. The van der Waals surface area contributed by atoms with Gasteiger partial charge in [-0.05, 0) is 55.1 Å². The van der Waals surface area contributed by atoms with Crippen molar-refractivity contribution in [2.75, 3.05) is 13.1 Å². The number of nitrogens with one attached hydrogen (secondary N) is 1. The predicted molar refractivity (Wildman–Crippen MR) is 96.3 cm³/mol. The summed E-state index contributed by atoms with van der Waals surface area (Å²) in [5.74, 6) is 1.72. The Balaban J connectivity index is 0.00000157. The van der Waals surface area contributed by atoms with E-state index in [4.69, 9.17) is 21.1 Å². The maximum Gasteiger partial charge on any atom is 0.278 e. The molecule has 2 fully saturated rings. The van der Waals surface area contributed by atoms with Crippen LogP contribution in [0.25, 0.3) is 0 Å². The first kappa shape index (κ1) is 17.0. The molecule has 0 bridgehead atoms. The normalized spacial score (nSPS) is 31.4. The lowest BCUT2D eigenvalue weighted by Crippen LogP contribution is -2.32. The van der Waals surface area contributed by atoms with E-state index in [1.54, 1.807) is 19.1 Å². The van der Waals surface area contributed by atoms with Gasteiger partial charge in [-0.2, -0.15) is 0 Å². The van der Waals surface area contributed by atoms with E-state index in [-0.39, 0.29) is 12.4 Å². The molecule has 25 heavy (non-hydrogen) atoms. The van der Waals surface area contributed by atoms with Crippen molar-refractivity contribution in [1.29, 1.82) is 0 Å². The van der Waals surface area contributed by atoms with Crippen LogP contribution in [0.4, 0.5) is 4.39 Å². The molecule has 3 unspecified atom stereocenters. The Hall–Kier alpha value is -1.49. The summed E-state index contributed by atoms with van der Waals surface area (Å²) < 4.78 is 26.6. The minimum absolute atomic E-state index is 0. The quantitative estimate of drug-likeness (QED) is 0.831. The number of piperidine rings is 1. The summed E-state index contributed by atoms with van der Waals surface area (Å²) >= 11 is 5.86. The van der Waals surface area contributed by atoms with Crippen molar-refractivity contribution in [2.45, 2.75) is 18.6 Å². The van der Waals surface area contributed by atoms with Crippen molar-refractivity contribution in [2.24, 2.45) is 11.8 Å². The summed E-state index contributed by atoms with van der Waals surface area (Å²) in [5.41, 5.74) is 1.54. The summed E-state index contributed by atoms with van der Waals surface area (Å²) in [6, 6.07) is 10.5. The molecule has 0 amide bonds. The average molecular weight is 382 g/mol. The Morgan fingerprint density at radius 1 is 1.16 bits per heavy atom. The van der Waals surface area contributed by atoms with Crippen molar-refractivity contribution in [3.8, 4) is 11.5 Å². The maximum atomic E-state index is 14.4. The topological polar surface area (TPSA) is 30.5 Å². The molecule has 3 aliphatic rings. The molecular weight excluding hydrogens is 364 g/mol. The van der Waals surface area contributed by atoms with Crippen LogP contribution in [0.15, 0.2) is 36.4 Å². The van der Waals surface area contributed by atoms with Gasteiger partial charge in [0.15, 0.2) is 11.5 Å². The van der Waals surface area contributed by atoms with Crippen molar-refractivity contribution in [1.82, 2.24) is 5.32 Å². The largest absolute Gasteiger partial charge is 0.444 e. The first-order valence-electron chi connectivity index (χ1n) is 8.24. The summed E-state index contributed by atoms with van der Waals surface area (Å²) in [4.78, 5) is 0. The monoisotopic (exact) mass is 381 g/mol. The van der Waals surface area contributed by atoms with Crippen LogP contribution in [0.3, 0.4) is 0 Å². The highest BCUT2D eigenvalue weighted by atomic mass is 35.5. The van der Waals surface area contributed by atoms with Gasteiger partial charge in [0, 0.05) is 17.5 Å². The molecular formula is C19H18Cl2FNO2. The molecule has 2 aromatic rings. The molecule has 0 aromatic heterocycles. The van der Waals surface area contributed by atoms with Gasteiger partial charge >= 0.3 is 0 Å². The van der Waals surface area contributed by atoms with Crippen LogP contribution in [0.2, 0.25) is 5.02 Å². The molecule has 6 heteroatoms. The summed E-state index contributed by atoms with van der Waals surface area (Å²) in [6.07, 6.45) is 0. The third-order valence-electron chi connectivity index (χ3n) is 5.48. The Bertz CT molecular complexity index is 836. The number of para-hydroxylation sites is 1. The van der Waals surface area contributed by atoms with Gasteiger partial charge in [0.1, 0.15) is 5.82 Å². The molecule has 1 saturated heterocycles. The van der Waals surface area contributed by atoms with E-state index < -0.39 is 11.6 Å². The Morgan fingerprint density at radius 3 is 2.64 bits per heavy atom. The van der Waals surface area contributed by atoms with Crippen molar-refractivity contribution < 1.29 is 13.9 Å². The predicted octanol–water partition coefficient (Wildman–Crippen LogP) is 4.48. The maximum absolute atomic E-state index is 14.4. The molecule has 1 aliphatic carbocycles. The van der Waals surface area contributed by atoms with Crippen molar-refractivity contribution >= 4 is 24.0 Å². The minimum Gasteiger partial charge on any atom is -0.444 e. The van der Waals surface area contributed by atoms with Crippen LogP contribution in [0.5, 0.6) is 11.5 Å². The highest BCUT2D eigenvalue weighted by molar-refractivity contribution is 6.30. The lowest BCUT2D eigenvalue weighted by molar-refractivity contribution is -0.0710. The molecule has 2 aliphatic heterocycles. The SMILES string of the molecule is CC1(c2ccc(Cl)cc2F)Oc2cccc(C3C4CNCC43)c2O1.Cl. The highest BCUT2D eigenvalue weighted by Crippen LogP contribution is 2.60. The van der Waals surface area contributed by atoms with Crippen LogP contribution in [0.1, 0.15) is 24.0 Å². The second kappa shape index (κ2) is 5.76. The lowest BCUT2D eigenvalue weighted by Gasteiger charge is -2.24. The third-order valence-corrected chi connectivity index (χ3v) is 5.72. The fourth-order valence-electron chi connectivity index (χ4n) is 4.26. The molecule has 2 heterocycles. The zero-order valence-corrected chi connectivity index (χ0v) is 15.2. The van der Waals surface area contributed by atoms with E-state index in [1.165, 1.54) is 11.6 Å². The fraction of sp³-hybridized carbons (Fsp3) is 0.368. The summed E-state index contributed by atoms with van der Waals surface area (Å²) in [7, 11) is 0. The Morgan fingerprint density at radius 2 is 1.92 bits per heavy atom. The summed E-state index contributed by atoms with van der Waals surface area (Å²) in [6.45, 7) is 3.87. The molecule has 1 N–H and O–H groups in total. The lowest BCUT2D eigenvalue weighted by atomic mass is 10.1. The van der Waals surface area contributed by atoms with Crippen molar-refractivity contribution in [3.63, 3.8) is 0 Å². The number of hydrogen-bond donors (Lipinski definition) is 1. The second-order valence-corrected chi connectivity index (χ2v) is 7.40. The Kier molecular flexibility index (Phi) is 3.91. The first-order valence-corrected chi connectivity index (χ1v) is 8.62. The highest BCUT2D eigenvalue weighted by Gasteiger charge is 2.55. The van der Waals surface area contributed by atoms with Gasteiger partial charge in [-0.1, -0.05) is 23.7 Å². The van der Waals surface area contributed by atoms with Gasteiger partial charge in [0.2, 0.25) is 0 Å². The van der Waals surface area contributed by atoms with E-state index in [0.29, 0.717) is 34.1 Å². The fourth-order valence-corrected chi connectivity index (χ4v) is 4.42. The molecule has 132 valence electrons. The van der Waals surface area contributed by atoms with Gasteiger partial charge in [-0.25, -0.2) is 4.39 Å². The number of rotatable bonds is 2. The van der Waals surface area contributed by atoms with Gasteiger partial charge < -0.3 is 14.8 Å². The van der Waals surface area contributed by atoms with Crippen LogP contribution in [0, 0.1) is 17.7 Å². The minimum atomic E-state index is -1.17. The van der Waals surface area contributed by atoms with Crippen molar-refractivity contribution in [3.05, 3.63) is 58.4 Å². The smallest absolute Gasteiger partial charge is 0.278 e. The average Bonchev–Trinajstić information content (AvgIpc) is 2.89. The second-order valence-electron chi connectivity index (χ2n) is 6.96. The number of hydrogen-bond acceptors (Lipinski definition) is 3. The standard InChI is InChI=1S/C19H17ClFNO2.ClH/c1-19(14-6-5-10(20)7-15(14)21)23-16-4-2-3-11(18(16)24-19)17-12-8-22-9-13(12)17;/h2-7,12-13,17,22H,8-9H2,1H3;1H. The zero-order chi connectivity index (χ0) is 16.5. The molecule has 0 radical (unpaired) electrons. The van der Waals surface area contributed by atoms with Gasteiger partial charge in [0.05, 0.1) is 5.56 Å². The van der Waals surface area contributed by atoms with Gasteiger partial charge in [-0.15, -0.1) is 12.4 Å². The van der Waals surface area contributed by atoms with Gasteiger partial charge in [-0.3, -0.25) is 0 Å². The molecule has 2 aromatic carbocycles. The van der Waals surface area contributed by atoms with E-state index in [1.807, 2.05) is 12.1 Å². The number of benzene rings is 2. The third kappa shape index (κ3) is 2.50. The van der Waals surface area contributed by atoms with E-state index in [2.05, 4.69) is 11.4 Å². The van der Waals surface area contributed by atoms with Crippen LogP contribution < -0.4 is 14.8 Å². The molecule has 1 saturated carbocycles. The zero-order valence-electron chi connectivity index (χ0n) is 13.6. The molecule has 3 nitrogen and oxygen atoms in total. The van der Waals surface area contributed by atoms with E-state index in [0.717, 1.165) is 18.8 Å². The van der Waals surface area contributed by atoms with E-state index in [9.17, 15) is 4.39 Å². The van der Waals surface area contributed by atoms with Crippen LogP contribution >= 0.6 is 24.0 Å². The molecule has 5 rings (SSSR count). The molecule has 0 spiro atoms. The van der Waals surface area contributed by atoms with Crippen LogP contribution in [-0.2, 0) is 5.79 Å². The number of fused-ring (bicyclic) bond motifs is 2. The summed E-state index contributed by atoms with van der Waals surface area (Å²) in [5, 5.41) is 3.77.